The third-order valence-corrected chi connectivity index (χ3v) is 8.25. The number of ether oxygens (including phenoxy) is 1. The minimum Gasteiger partial charge on any atom is -0.493 e. The van der Waals surface area contributed by atoms with Crippen LogP contribution in [0.5, 0.6) is 5.75 Å². The molecule has 0 aromatic heterocycles. The third kappa shape index (κ3) is 5.18. The Labute approximate surface area is 208 Å². The van der Waals surface area contributed by atoms with Gasteiger partial charge < -0.3 is 19.9 Å². The highest BCUT2D eigenvalue weighted by molar-refractivity contribution is 5.85. The van der Waals surface area contributed by atoms with Crippen LogP contribution in [0.25, 0.3) is 0 Å². The summed E-state index contributed by atoms with van der Waals surface area (Å²) < 4.78 is 5.98. The van der Waals surface area contributed by atoms with Gasteiger partial charge in [-0.15, -0.1) is 12.4 Å². The fourth-order valence-electron chi connectivity index (χ4n) is 6.08. The molecule has 7 nitrogen and oxygen atoms in total. The maximum Gasteiger partial charge on any atom is 0.226 e. The zero-order valence-corrected chi connectivity index (χ0v) is 20.7. The normalized spacial score (nSPS) is 28.4. The number of hydrogen-bond acceptors (Lipinski definition) is 5. The minimum atomic E-state index is -0.0244. The molecule has 0 spiro atoms. The van der Waals surface area contributed by atoms with E-state index in [0.29, 0.717) is 30.5 Å². The molecular formula is C26H35ClN4O3. The van der Waals surface area contributed by atoms with Crippen LogP contribution in [0.1, 0.15) is 56.1 Å². The quantitative estimate of drug-likeness (QED) is 0.691. The average Bonchev–Trinajstić information content (AvgIpc) is 3.20. The number of hydrogen-bond donors (Lipinski definition) is 1. The lowest BCUT2D eigenvalue weighted by Gasteiger charge is -2.39. The van der Waals surface area contributed by atoms with Crippen LogP contribution in [-0.4, -0.2) is 67.0 Å². The van der Waals surface area contributed by atoms with Gasteiger partial charge in [-0.1, -0.05) is 0 Å². The number of nitriles is 1. The Morgan fingerprint density at radius 1 is 1.15 bits per heavy atom. The van der Waals surface area contributed by atoms with Crippen molar-refractivity contribution >= 4 is 24.2 Å². The van der Waals surface area contributed by atoms with Crippen LogP contribution in [0.2, 0.25) is 0 Å². The molecule has 2 saturated heterocycles. The van der Waals surface area contributed by atoms with Crippen LogP contribution in [0.4, 0.5) is 0 Å². The summed E-state index contributed by atoms with van der Waals surface area (Å²) in [7, 11) is 0. The van der Waals surface area contributed by atoms with E-state index in [4.69, 9.17) is 4.74 Å². The Kier molecular flexibility index (Phi) is 7.69. The lowest BCUT2D eigenvalue weighted by Crippen LogP contribution is -2.56. The molecule has 1 aromatic rings. The van der Waals surface area contributed by atoms with Crippen molar-refractivity contribution in [2.75, 3.05) is 39.3 Å². The molecule has 2 amide bonds. The molecule has 8 heteroatoms. The Morgan fingerprint density at radius 2 is 1.91 bits per heavy atom. The van der Waals surface area contributed by atoms with E-state index >= 15 is 0 Å². The van der Waals surface area contributed by atoms with E-state index in [1.165, 1.54) is 24.8 Å². The predicted molar refractivity (Wildman–Crippen MR) is 131 cm³/mol. The van der Waals surface area contributed by atoms with Crippen molar-refractivity contribution in [1.82, 2.24) is 15.1 Å². The lowest BCUT2D eigenvalue weighted by molar-refractivity contribution is -0.141. The number of nitrogens with one attached hydrogen (secondary N) is 1. The summed E-state index contributed by atoms with van der Waals surface area (Å²) in [6.45, 7) is 6.72. The summed E-state index contributed by atoms with van der Waals surface area (Å²) in [6.07, 6.45) is 5.68. The van der Waals surface area contributed by atoms with Crippen molar-refractivity contribution in [3.8, 4) is 11.8 Å². The van der Waals surface area contributed by atoms with Gasteiger partial charge in [-0.25, -0.2) is 0 Å². The van der Waals surface area contributed by atoms with Crippen molar-refractivity contribution in [3.05, 3.63) is 29.3 Å². The summed E-state index contributed by atoms with van der Waals surface area (Å²) in [5, 5.41) is 12.5. The SMILES string of the molecule is CC(=O)N1CC(C(=O)NC2CCC(CCN3C[C@H]4COc5ccc(C#N)cc5[C@@H]4C3)CC2)C1.Cl. The van der Waals surface area contributed by atoms with Gasteiger partial charge in [0.15, 0.2) is 0 Å². The van der Waals surface area contributed by atoms with Crippen molar-refractivity contribution in [2.24, 2.45) is 17.8 Å². The first-order chi connectivity index (χ1) is 16.0. The van der Waals surface area contributed by atoms with E-state index in [1.54, 1.807) is 11.8 Å². The fourth-order valence-corrected chi connectivity index (χ4v) is 6.08. The van der Waals surface area contributed by atoms with E-state index in [0.717, 1.165) is 50.8 Å². The molecule has 0 radical (unpaired) electrons. The largest absolute Gasteiger partial charge is 0.493 e. The molecule has 4 aliphatic rings. The summed E-state index contributed by atoms with van der Waals surface area (Å²) in [5.41, 5.74) is 1.93. The molecule has 0 unspecified atom stereocenters. The Bertz CT molecular complexity index is 950. The van der Waals surface area contributed by atoms with Crippen LogP contribution in [0, 0.1) is 29.1 Å². The van der Waals surface area contributed by atoms with Crippen molar-refractivity contribution in [1.29, 1.82) is 5.26 Å². The van der Waals surface area contributed by atoms with Crippen molar-refractivity contribution < 1.29 is 14.3 Å². The van der Waals surface area contributed by atoms with Gasteiger partial charge in [-0.3, -0.25) is 9.59 Å². The first-order valence-corrected chi connectivity index (χ1v) is 12.4. The van der Waals surface area contributed by atoms with Gasteiger partial charge in [-0.2, -0.15) is 5.26 Å². The molecule has 3 fully saturated rings. The van der Waals surface area contributed by atoms with Gasteiger partial charge in [0.25, 0.3) is 0 Å². The zero-order chi connectivity index (χ0) is 22.9. The summed E-state index contributed by atoms with van der Waals surface area (Å²) in [4.78, 5) is 28.0. The molecule has 1 saturated carbocycles. The molecule has 1 aromatic carbocycles. The number of amides is 2. The number of nitrogens with zero attached hydrogens (tertiary/aromatic N) is 3. The smallest absolute Gasteiger partial charge is 0.226 e. The molecule has 1 N–H and O–H groups in total. The van der Waals surface area contributed by atoms with E-state index < -0.39 is 0 Å². The van der Waals surface area contributed by atoms with Crippen LogP contribution in [0.15, 0.2) is 18.2 Å². The van der Waals surface area contributed by atoms with E-state index in [1.807, 2.05) is 18.2 Å². The Morgan fingerprint density at radius 3 is 2.62 bits per heavy atom. The van der Waals surface area contributed by atoms with Crippen LogP contribution in [-0.2, 0) is 9.59 Å². The molecule has 3 heterocycles. The monoisotopic (exact) mass is 486 g/mol. The number of fused-ring (bicyclic) bond motifs is 3. The van der Waals surface area contributed by atoms with Gasteiger partial charge in [0.2, 0.25) is 11.8 Å². The van der Waals surface area contributed by atoms with Gasteiger partial charge in [0.1, 0.15) is 5.75 Å². The van der Waals surface area contributed by atoms with Gasteiger partial charge in [0, 0.05) is 56.5 Å². The van der Waals surface area contributed by atoms with Gasteiger partial charge in [0.05, 0.1) is 24.2 Å². The van der Waals surface area contributed by atoms with Crippen LogP contribution >= 0.6 is 12.4 Å². The number of rotatable bonds is 5. The van der Waals surface area contributed by atoms with Gasteiger partial charge in [-0.05, 0) is 62.8 Å². The average molecular weight is 487 g/mol. The second-order valence-electron chi connectivity index (χ2n) is 10.4. The molecule has 2 atom stereocenters. The first-order valence-electron chi connectivity index (χ1n) is 12.4. The molecule has 0 bridgehead atoms. The van der Waals surface area contributed by atoms with Gasteiger partial charge >= 0.3 is 0 Å². The second-order valence-corrected chi connectivity index (χ2v) is 10.4. The minimum absolute atomic E-state index is 0. The Hall–Kier alpha value is -2.30. The van der Waals surface area contributed by atoms with Crippen LogP contribution < -0.4 is 10.1 Å². The molecular weight excluding hydrogens is 452 g/mol. The molecule has 34 heavy (non-hydrogen) atoms. The summed E-state index contributed by atoms with van der Waals surface area (Å²) >= 11 is 0. The fraction of sp³-hybridized carbons (Fsp3) is 0.654. The maximum atomic E-state index is 12.4. The standard InChI is InChI=1S/C26H34N4O3.ClH/c1-17(31)30-13-20(14-30)26(32)28-22-5-2-18(3-6-22)8-9-29-12-21-16-33-25-7-4-19(11-27)10-23(25)24(21)15-29;/h4,7,10,18,20-22,24H,2-3,5-6,8-9,12-16H2,1H3,(H,28,32);1H/t18?,21-,22?,24+;/m0./s1. The third-order valence-electron chi connectivity index (χ3n) is 8.25. The summed E-state index contributed by atoms with van der Waals surface area (Å²) in [6, 6.07) is 8.37. The Balaban J connectivity index is 0.00000274. The molecule has 1 aliphatic carbocycles. The molecule has 184 valence electrons. The summed E-state index contributed by atoms with van der Waals surface area (Å²) in [5.74, 6) is 2.82. The van der Waals surface area contributed by atoms with E-state index in [-0.39, 0.29) is 36.2 Å². The van der Waals surface area contributed by atoms with Crippen LogP contribution in [0.3, 0.4) is 0 Å². The molecule has 5 rings (SSSR count). The number of likely N-dealkylation sites (tertiary alicyclic amines) is 2. The van der Waals surface area contributed by atoms with Crippen molar-refractivity contribution in [3.63, 3.8) is 0 Å². The highest BCUT2D eigenvalue weighted by Crippen LogP contribution is 2.42. The molecule has 3 aliphatic heterocycles. The number of carbonyl (C=O) groups excluding carboxylic acids is 2. The highest BCUT2D eigenvalue weighted by Gasteiger charge is 2.39. The van der Waals surface area contributed by atoms with E-state index in [9.17, 15) is 14.9 Å². The predicted octanol–water partition coefficient (Wildman–Crippen LogP) is 2.93. The number of halogens is 1. The van der Waals surface area contributed by atoms with E-state index in [2.05, 4.69) is 16.3 Å². The zero-order valence-electron chi connectivity index (χ0n) is 19.9. The number of carbonyl (C=O) groups is 2. The lowest BCUT2D eigenvalue weighted by atomic mass is 9.83. The maximum absolute atomic E-state index is 12.4. The highest BCUT2D eigenvalue weighted by atomic mass is 35.5. The topological polar surface area (TPSA) is 85.7 Å². The second kappa shape index (κ2) is 10.5. The first kappa shape index (κ1) is 24.8. The van der Waals surface area contributed by atoms with Crippen molar-refractivity contribution in [2.45, 2.75) is 51.0 Å². The number of benzene rings is 1.